The standard InChI is InChI=1S/C9H7BrF5N.ClH/c10-6-3-1-5(2-4-6)7(16)8(11,12)9(13,14)15;/h1-4,7H,16H2;1H/t7-;/m1./s1. The number of hydrogen-bond donors (Lipinski definition) is 1. The number of nitrogens with two attached hydrogens (primary N) is 1. The molecule has 0 saturated carbocycles. The van der Waals surface area contributed by atoms with Crippen LogP contribution < -0.4 is 5.73 Å². The summed E-state index contributed by atoms with van der Waals surface area (Å²) in [6, 6.07) is 2.53. The Morgan fingerprint density at radius 3 is 1.76 bits per heavy atom. The molecule has 1 rings (SSSR count). The van der Waals surface area contributed by atoms with Crippen molar-refractivity contribution < 1.29 is 22.0 Å². The summed E-state index contributed by atoms with van der Waals surface area (Å²) < 4.78 is 62.3. The number of halogens is 7. The summed E-state index contributed by atoms with van der Waals surface area (Å²) in [6.45, 7) is 0. The van der Waals surface area contributed by atoms with Gasteiger partial charge in [-0.3, -0.25) is 0 Å². The van der Waals surface area contributed by atoms with E-state index in [2.05, 4.69) is 15.9 Å². The summed E-state index contributed by atoms with van der Waals surface area (Å²) in [5, 5.41) is 0. The first kappa shape index (κ1) is 16.6. The first-order chi connectivity index (χ1) is 7.16. The zero-order valence-electron chi connectivity index (χ0n) is 8.14. The fourth-order valence-corrected chi connectivity index (χ4v) is 1.32. The molecule has 0 aliphatic carbocycles. The van der Waals surface area contributed by atoms with Gasteiger partial charge >= 0.3 is 12.1 Å². The molecule has 0 aliphatic heterocycles. The summed E-state index contributed by atoms with van der Waals surface area (Å²) in [7, 11) is 0. The van der Waals surface area contributed by atoms with Gasteiger partial charge in [-0.2, -0.15) is 22.0 Å². The Balaban J connectivity index is 0.00000256. The molecule has 17 heavy (non-hydrogen) atoms. The number of rotatable bonds is 2. The molecule has 98 valence electrons. The van der Waals surface area contributed by atoms with Crippen LogP contribution in [0.15, 0.2) is 28.7 Å². The Labute approximate surface area is 109 Å². The smallest absolute Gasteiger partial charge is 0.319 e. The summed E-state index contributed by atoms with van der Waals surface area (Å²) in [5.41, 5.74) is 4.65. The van der Waals surface area contributed by atoms with Crippen LogP contribution >= 0.6 is 28.3 Å². The van der Waals surface area contributed by atoms with Crippen molar-refractivity contribution in [1.29, 1.82) is 0 Å². The lowest BCUT2D eigenvalue weighted by molar-refractivity contribution is -0.291. The number of benzene rings is 1. The molecule has 0 fully saturated rings. The fourth-order valence-electron chi connectivity index (χ4n) is 1.06. The summed E-state index contributed by atoms with van der Waals surface area (Å²) in [4.78, 5) is 0. The van der Waals surface area contributed by atoms with E-state index < -0.39 is 18.1 Å². The molecular weight excluding hydrogens is 332 g/mol. The number of hydrogen-bond acceptors (Lipinski definition) is 1. The normalized spacial score (nSPS) is 14.1. The Morgan fingerprint density at radius 1 is 1.00 bits per heavy atom. The highest BCUT2D eigenvalue weighted by molar-refractivity contribution is 9.10. The lowest BCUT2D eigenvalue weighted by Gasteiger charge is -2.25. The van der Waals surface area contributed by atoms with Crippen molar-refractivity contribution in [1.82, 2.24) is 0 Å². The minimum atomic E-state index is -5.65. The van der Waals surface area contributed by atoms with Crippen molar-refractivity contribution in [3.05, 3.63) is 34.3 Å². The van der Waals surface area contributed by atoms with Gasteiger partial charge in [0.1, 0.15) is 6.04 Å². The molecule has 2 N–H and O–H groups in total. The molecule has 0 aliphatic rings. The van der Waals surface area contributed by atoms with Crippen LogP contribution in [-0.4, -0.2) is 12.1 Å². The lowest BCUT2D eigenvalue weighted by Crippen LogP contribution is -2.45. The second-order valence-corrected chi connectivity index (χ2v) is 4.07. The van der Waals surface area contributed by atoms with E-state index >= 15 is 0 Å². The minimum absolute atomic E-state index is 0. The maximum absolute atomic E-state index is 12.8. The predicted octanol–water partition coefficient (Wildman–Crippen LogP) is 4.07. The molecule has 0 radical (unpaired) electrons. The van der Waals surface area contributed by atoms with Gasteiger partial charge in [-0.25, -0.2) is 0 Å². The van der Waals surface area contributed by atoms with Crippen LogP contribution in [0.4, 0.5) is 22.0 Å². The molecule has 0 spiro atoms. The van der Waals surface area contributed by atoms with Crippen LogP contribution in [0.1, 0.15) is 11.6 Å². The van der Waals surface area contributed by atoms with Gasteiger partial charge in [0.25, 0.3) is 0 Å². The van der Waals surface area contributed by atoms with Gasteiger partial charge < -0.3 is 5.73 Å². The third-order valence-corrected chi connectivity index (χ3v) is 2.53. The van der Waals surface area contributed by atoms with Crippen molar-refractivity contribution in [2.45, 2.75) is 18.1 Å². The van der Waals surface area contributed by atoms with Gasteiger partial charge in [-0.1, -0.05) is 28.1 Å². The molecule has 1 nitrogen and oxygen atoms in total. The second-order valence-electron chi connectivity index (χ2n) is 3.15. The topological polar surface area (TPSA) is 26.0 Å². The molecule has 0 heterocycles. The van der Waals surface area contributed by atoms with Crippen LogP contribution in [0.25, 0.3) is 0 Å². The molecule has 0 aromatic heterocycles. The highest BCUT2D eigenvalue weighted by Gasteiger charge is 2.61. The van der Waals surface area contributed by atoms with Crippen LogP contribution in [0.2, 0.25) is 0 Å². The first-order valence-electron chi connectivity index (χ1n) is 4.12. The molecule has 0 bridgehead atoms. The van der Waals surface area contributed by atoms with E-state index in [0.29, 0.717) is 4.47 Å². The zero-order chi connectivity index (χ0) is 12.6. The van der Waals surface area contributed by atoms with Crippen LogP contribution in [0, 0.1) is 0 Å². The SMILES string of the molecule is Cl.N[C@H](c1ccc(Br)cc1)C(F)(F)C(F)(F)F. The Morgan fingerprint density at radius 2 is 1.41 bits per heavy atom. The maximum atomic E-state index is 12.8. The quantitative estimate of drug-likeness (QED) is 0.807. The second kappa shape index (κ2) is 5.49. The van der Waals surface area contributed by atoms with Gasteiger partial charge in [0.15, 0.2) is 0 Å². The van der Waals surface area contributed by atoms with E-state index in [9.17, 15) is 22.0 Å². The van der Waals surface area contributed by atoms with Gasteiger partial charge in [0.2, 0.25) is 0 Å². The molecule has 0 unspecified atom stereocenters. The molecule has 1 aromatic rings. The van der Waals surface area contributed by atoms with Gasteiger partial charge in [0.05, 0.1) is 0 Å². The van der Waals surface area contributed by atoms with Gasteiger partial charge in [-0.15, -0.1) is 12.4 Å². The third kappa shape index (κ3) is 3.53. The fraction of sp³-hybridized carbons (Fsp3) is 0.333. The predicted molar refractivity (Wildman–Crippen MR) is 59.3 cm³/mol. The molecule has 0 saturated heterocycles. The van der Waals surface area contributed by atoms with Crippen LogP contribution in [0.3, 0.4) is 0 Å². The van der Waals surface area contributed by atoms with Crippen LogP contribution in [-0.2, 0) is 0 Å². The van der Waals surface area contributed by atoms with E-state index in [1.807, 2.05) is 0 Å². The lowest BCUT2D eigenvalue weighted by atomic mass is 10.0. The number of alkyl halides is 5. The Bertz CT molecular complexity index is 365. The van der Waals surface area contributed by atoms with Gasteiger partial charge in [-0.05, 0) is 17.7 Å². The van der Waals surface area contributed by atoms with E-state index in [1.54, 1.807) is 0 Å². The average Bonchev–Trinajstić information content (AvgIpc) is 2.16. The minimum Gasteiger partial charge on any atom is -0.319 e. The van der Waals surface area contributed by atoms with E-state index in [4.69, 9.17) is 5.73 Å². The van der Waals surface area contributed by atoms with E-state index in [-0.39, 0.29) is 18.0 Å². The zero-order valence-corrected chi connectivity index (χ0v) is 10.5. The highest BCUT2D eigenvalue weighted by atomic mass is 79.9. The molecule has 8 heteroatoms. The van der Waals surface area contributed by atoms with Crippen molar-refractivity contribution in [2.75, 3.05) is 0 Å². The summed E-state index contributed by atoms with van der Waals surface area (Å²) in [6.07, 6.45) is -5.65. The van der Waals surface area contributed by atoms with Crippen LogP contribution in [0.5, 0.6) is 0 Å². The molecular formula is C9H8BrClF5N. The summed E-state index contributed by atoms with van der Waals surface area (Å²) >= 11 is 3.03. The highest BCUT2D eigenvalue weighted by Crippen LogP contribution is 2.43. The third-order valence-electron chi connectivity index (χ3n) is 2.00. The van der Waals surface area contributed by atoms with Crippen molar-refractivity contribution in [2.24, 2.45) is 5.73 Å². The average molecular weight is 341 g/mol. The maximum Gasteiger partial charge on any atom is 0.455 e. The van der Waals surface area contributed by atoms with Gasteiger partial charge in [0, 0.05) is 4.47 Å². The molecule has 1 aromatic carbocycles. The van der Waals surface area contributed by atoms with E-state index in [1.165, 1.54) is 12.1 Å². The van der Waals surface area contributed by atoms with Crippen molar-refractivity contribution in [3.8, 4) is 0 Å². The monoisotopic (exact) mass is 339 g/mol. The Kier molecular flexibility index (Phi) is 5.37. The molecule has 0 amide bonds. The largest absolute Gasteiger partial charge is 0.455 e. The van der Waals surface area contributed by atoms with E-state index in [0.717, 1.165) is 12.1 Å². The first-order valence-corrected chi connectivity index (χ1v) is 4.91. The van der Waals surface area contributed by atoms with Crippen molar-refractivity contribution in [3.63, 3.8) is 0 Å². The Hall–Kier alpha value is -0.400. The molecule has 1 atom stereocenters. The van der Waals surface area contributed by atoms with Crippen molar-refractivity contribution >= 4 is 28.3 Å². The summed E-state index contributed by atoms with van der Waals surface area (Å²) in [5.74, 6) is -4.94.